The summed E-state index contributed by atoms with van der Waals surface area (Å²) in [4.78, 5) is 18.6. The van der Waals surface area contributed by atoms with Crippen molar-refractivity contribution in [3.05, 3.63) is 35.5 Å². The predicted molar refractivity (Wildman–Crippen MR) is 81.6 cm³/mol. The lowest BCUT2D eigenvalue weighted by atomic mass is 10.2. The molecule has 0 bridgehead atoms. The zero-order valence-corrected chi connectivity index (χ0v) is 12.4. The fourth-order valence-electron chi connectivity index (χ4n) is 2.38. The summed E-state index contributed by atoms with van der Waals surface area (Å²) < 4.78 is 0. The first kappa shape index (κ1) is 14.6. The first-order valence-electron chi connectivity index (χ1n) is 7.35. The Bertz CT molecular complexity index is 473. The van der Waals surface area contributed by atoms with Crippen molar-refractivity contribution >= 4 is 11.7 Å². The summed E-state index contributed by atoms with van der Waals surface area (Å²) >= 11 is 0. The van der Waals surface area contributed by atoms with Gasteiger partial charge in [0, 0.05) is 31.4 Å². The molecule has 0 aromatic carbocycles. The molecule has 108 valence electrons. The lowest BCUT2D eigenvalue weighted by molar-refractivity contribution is -0.117. The van der Waals surface area contributed by atoms with E-state index < -0.39 is 0 Å². The summed E-state index contributed by atoms with van der Waals surface area (Å²) in [6, 6.07) is 4.08. The maximum absolute atomic E-state index is 11.8. The zero-order chi connectivity index (χ0) is 14.4. The topological polar surface area (TPSA) is 45.2 Å². The van der Waals surface area contributed by atoms with Crippen LogP contribution in [0.4, 0.5) is 5.82 Å². The Morgan fingerprint density at radius 3 is 2.75 bits per heavy atom. The number of allylic oxidation sites excluding steroid dienone is 1. The molecule has 0 aliphatic carbocycles. The second-order valence-electron chi connectivity index (χ2n) is 5.20. The molecule has 1 N–H and O–H groups in total. The fraction of sp³-hybridized carbons (Fsp3) is 0.500. The van der Waals surface area contributed by atoms with Gasteiger partial charge in [0.05, 0.1) is 0 Å². The lowest BCUT2D eigenvalue weighted by Gasteiger charge is -2.16. The van der Waals surface area contributed by atoms with Crippen LogP contribution in [0.1, 0.15) is 38.7 Å². The minimum atomic E-state index is -0.00419. The van der Waals surface area contributed by atoms with Crippen molar-refractivity contribution in [2.45, 2.75) is 39.7 Å². The van der Waals surface area contributed by atoms with Crippen molar-refractivity contribution in [3.8, 4) is 0 Å². The molecule has 1 aromatic rings. The quantitative estimate of drug-likeness (QED) is 0.839. The molecule has 1 fully saturated rings. The van der Waals surface area contributed by atoms with Crippen LogP contribution >= 0.6 is 0 Å². The van der Waals surface area contributed by atoms with Gasteiger partial charge in [-0.1, -0.05) is 19.1 Å². The molecule has 1 aliphatic rings. The van der Waals surface area contributed by atoms with Crippen LogP contribution in [0.2, 0.25) is 0 Å². The van der Waals surface area contributed by atoms with Gasteiger partial charge in [0.2, 0.25) is 5.91 Å². The van der Waals surface area contributed by atoms with E-state index in [0.717, 1.165) is 36.5 Å². The van der Waals surface area contributed by atoms with E-state index in [9.17, 15) is 4.79 Å². The molecule has 0 atom stereocenters. The van der Waals surface area contributed by atoms with Crippen LogP contribution in [-0.4, -0.2) is 24.0 Å². The Morgan fingerprint density at radius 1 is 1.40 bits per heavy atom. The molecule has 2 rings (SSSR count). The molecule has 0 saturated carbocycles. The van der Waals surface area contributed by atoms with E-state index >= 15 is 0 Å². The minimum Gasteiger partial charge on any atom is -0.357 e. The average molecular weight is 273 g/mol. The monoisotopic (exact) mass is 273 g/mol. The van der Waals surface area contributed by atoms with Gasteiger partial charge in [-0.05, 0) is 37.8 Å². The summed E-state index contributed by atoms with van der Waals surface area (Å²) in [5, 5.41) is 2.91. The molecule has 1 amide bonds. The van der Waals surface area contributed by atoms with Crippen LogP contribution in [0.25, 0.3) is 0 Å². The van der Waals surface area contributed by atoms with Crippen LogP contribution in [-0.2, 0) is 11.3 Å². The number of hydrogen-bond acceptors (Lipinski definition) is 3. The number of carbonyl (C=O) groups is 1. The van der Waals surface area contributed by atoms with Crippen molar-refractivity contribution < 1.29 is 4.79 Å². The van der Waals surface area contributed by atoms with Crippen LogP contribution in [0.3, 0.4) is 0 Å². The third-order valence-electron chi connectivity index (χ3n) is 3.56. The van der Waals surface area contributed by atoms with E-state index in [1.165, 1.54) is 12.8 Å². The second-order valence-corrected chi connectivity index (χ2v) is 5.20. The number of anilines is 1. The second kappa shape index (κ2) is 7.08. The Kier molecular flexibility index (Phi) is 5.16. The SMILES string of the molecule is CC/C=C(\C)C(=O)NCc1ccc(N2CCCC2)nc1. The van der Waals surface area contributed by atoms with Gasteiger partial charge < -0.3 is 10.2 Å². The number of carbonyl (C=O) groups excluding carboxylic acids is 1. The predicted octanol–water partition coefficient (Wildman–Crippen LogP) is 2.65. The highest BCUT2D eigenvalue weighted by Crippen LogP contribution is 2.17. The molecular formula is C16H23N3O. The van der Waals surface area contributed by atoms with E-state index in [1.54, 1.807) is 0 Å². The summed E-state index contributed by atoms with van der Waals surface area (Å²) in [7, 11) is 0. The highest BCUT2D eigenvalue weighted by Gasteiger charge is 2.13. The molecule has 0 radical (unpaired) electrons. The minimum absolute atomic E-state index is 0.00419. The molecule has 0 unspecified atom stereocenters. The van der Waals surface area contributed by atoms with Crippen LogP contribution in [0.5, 0.6) is 0 Å². The molecule has 4 heteroatoms. The molecule has 20 heavy (non-hydrogen) atoms. The van der Waals surface area contributed by atoms with Crippen LogP contribution in [0.15, 0.2) is 30.0 Å². The number of rotatable bonds is 5. The standard InChI is InChI=1S/C16H23N3O/c1-3-6-13(2)16(20)18-12-14-7-8-15(17-11-14)19-9-4-5-10-19/h6-8,11H,3-5,9-10,12H2,1-2H3,(H,18,20)/b13-6+. The van der Waals surface area contributed by atoms with Gasteiger partial charge in [-0.3, -0.25) is 4.79 Å². The van der Waals surface area contributed by atoms with E-state index in [1.807, 2.05) is 38.3 Å². The highest BCUT2D eigenvalue weighted by atomic mass is 16.1. The number of amides is 1. The summed E-state index contributed by atoms with van der Waals surface area (Å²) in [6.45, 7) is 6.60. The largest absolute Gasteiger partial charge is 0.357 e. The van der Waals surface area contributed by atoms with Gasteiger partial charge in [-0.15, -0.1) is 0 Å². The molecule has 4 nitrogen and oxygen atoms in total. The molecule has 1 saturated heterocycles. The maximum Gasteiger partial charge on any atom is 0.246 e. The lowest BCUT2D eigenvalue weighted by Crippen LogP contribution is -2.24. The Hall–Kier alpha value is -1.84. The van der Waals surface area contributed by atoms with Gasteiger partial charge in [-0.25, -0.2) is 4.98 Å². The Morgan fingerprint density at radius 2 is 2.15 bits per heavy atom. The van der Waals surface area contributed by atoms with Crippen molar-refractivity contribution in [1.29, 1.82) is 0 Å². The van der Waals surface area contributed by atoms with E-state index in [4.69, 9.17) is 0 Å². The first-order valence-corrected chi connectivity index (χ1v) is 7.35. The smallest absolute Gasteiger partial charge is 0.246 e. The number of aromatic nitrogens is 1. The number of hydrogen-bond donors (Lipinski definition) is 1. The summed E-state index contributed by atoms with van der Waals surface area (Å²) in [5.41, 5.74) is 1.81. The number of pyridine rings is 1. The van der Waals surface area contributed by atoms with Gasteiger partial charge in [-0.2, -0.15) is 0 Å². The van der Waals surface area contributed by atoms with E-state index in [2.05, 4.69) is 15.2 Å². The van der Waals surface area contributed by atoms with Crippen molar-refractivity contribution in [2.24, 2.45) is 0 Å². The highest BCUT2D eigenvalue weighted by molar-refractivity contribution is 5.92. The number of nitrogens with zero attached hydrogens (tertiary/aromatic N) is 2. The van der Waals surface area contributed by atoms with Crippen molar-refractivity contribution in [1.82, 2.24) is 10.3 Å². The molecule has 1 aliphatic heterocycles. The van der Waals surface area contributed by atoms with Gasteiger partial charge in [0.15, 0.2) is 0 Å². The molecule has 0 spiro atoms. The third-order valence-corrected chi connectivity index (χ3v) is 3.56. The molecular weight excluding hydrogens is 250 g/mol. The Labute approximate surface area is 120 Å². The summed E-state index contributed by atoms with van der Waals surface area (Å²) in [6.07, 6.45) is 7.17. The normalized spacial score (nSPS) is 15.5. The van der Waals surface area contributed by atoms with E-state index in [-0.39, 0.29) is 5.91 Å². The van der Waals surface area contributed by atoms with Gasteiger partial charge in [0.25, 0.3) is 0 Å². The summed E-state index contributed by atoms with van der Waals surface area (Å²) in [5.74, 6) is 1.04. The zero-order valence-electron chi connectivity index (χ0n) is 12.4. The first-order chi connectivity index (χ1) is 9.70. The van der Waals surface area contributed by atoms with Gasteiger partial charge in [0.1, 0.15) is 5.82 Å². The Balaban J connectivity index is 1.87. The van der Waals surface area contributed by atoms with Crippen LogP contribution < -0.4 is 10.2 Å². The fourth-order valence-corrected chi connectivity index (χ4v) is 2.38. The molecule has 1 aromatic heterocycles. The molecule has 2 heterocycles. The van der Waals surface area contributed by atoms with Crippen molar-refractivity contribution in [3.63, 3.8) is 0 Å². The van der Waals surface area contributed by atoms with Gasteiger partial charge >= 0.3 is 0 Å². The van der Waals surface area contributed by atoms with E-state index in [0.29, 0.717) is 6.54 Å². The number of nitrogens with one attached hydrogen (secondary N) is 1. The van der Waals surface area contributed by atoms with Crippen LogP contribution in [0, 0.1) is 0 Å². The maximum atomic E-state index is 11.8. The third kappa shape index (κ3) is 3.83. The average Bonchev–Trinajstić information content (AvgIpc) is 2.99. The van der Waals surface area contributed by atoms with Crippen molar-refractivity contribution in [2.75, 3.05) is 18.0 Å².